The van der Waals surface area contributed by atoms with E-state index >= 15 is 0 Å². The average Bonchev–Trinajstić information content (AvgIpc) is 3.13. The van der Waals surface area contributed by atoms with E-state index < -0.39 is 41.3 Å². The monoisotopic (exact) mass is 571 g/mol. The SMILES string of the molecule is COC(=O)CNC(=O)N(C(=O)C(C)([C@H]1CCc2ccccc2NC1=O)C(C)(C)N)c1ccc(-c2ccccc2N)cc1. The first-order chi connectivity index (χ1) is 19.9. The Morgan fingerprint density at radius 1 is 1.00 bits per heavy atom. The molecule has 42 heavy (non-hydrogen) atoms. The summed E-state index contributed by atoms with van der Waals surface area (Å²) in [5, 5.41) is 5.42. The molecule has 2 atom stereocenters. The van der Waals surface area contributed by atoms with Gasteiger partial charge in [0.1, 0.15) is 6.54 Å². The molecule has 0 aliphatic carbocycles. The Morgan fingerprint density at radius 3 is 2.29 bits per heavy atom. The number of nitrogens with two attached hydrogens (primary N) is 2. The molecule has 3 aromatic carbocycles. The molecule has 1 heterocycles. The van der Waals surface area contributed by atoms with Gasteiger partial charge in [0.05, 0.1) is 24.1 Å². The number of carbonyl (C=O) groups excluding carboxylic acids is 4. The van der Waals surface area contributed by atoms with Gasteiger partial charge >= 0.3 is 12.0 Å². The minimum Gasteiger partial charge on any atom is -0.468 e. The van der Waals surface area contributed by atoms with Gasteiger partial charge in [-0.05, 0) is 69.0 Å². The summed E-state index contributed by atoms with van der Waals surface area (Å²) in [5.74, 6) is -2.61. The van der Waals surface area contributed by atoms with Gasteiger partial charge in [0, 0.05) is 22.5 Å². The zero-order chi connectivity index (χ0) is 30.7. The number of fused-ring (bicyclic) bond motifs is 1. The second kappa shape index (κ2) is 12.0. The standard InChI is InChI=1S/C32H37N5O5/c1-31(2,34)32(3,24-18-15-21-9-5-8-12-26(21)36-28(24)39)29(40)37(30(41)35-19-27(38)42-4)22-16-13-20(14-17-22)23-10-6-7-11-25(23)33/h5-14,16-17,24H,15,18-19,33-34H2,1-4H3,(H,35,41)(H,36,39)/t24-,32?/m0/s1. The third-order valence-electron chi connectivity index (χ3n) is 8.19. The van der Waals surface area contributed by atoms with Gasteiger partial charge in [0.2, 0.25) is 11.8 Å². The Morgan fingerprint density at radius 2 is 1.64 bits per heavy atom. The zero-order valence-corrected chi connectivity index (χ0v) is 24.3. The van der Waals surface area contributed by atoms with Gasteiger partial charge in [-0.25, -0.2) is 9.69 Å². The number of anilines is 3. The molecule has 10 heteroatoms. The highest BCUT2D eigenvalue weighted by Crippen LogP contribution is 2.44. The number of para-hydroxylation sites is 2. The molecule has 220 valence electrons. The van der Waals surface area contributed by atoms with Gasteiger partial charge in [-0.2, -0.15) is 0 Å². The highest BCUT2D eigenvalue weighted by molar-refractivity contribution is 6.18. The zero-order valence-electron chi connectivity index (χ0n) is 24.3. The molecule has 1 aliphatic heterocycles. The summed E-state index contributed by atoms with van der Waals surface area (Å²) in [6, 6.07) is 20.7. The highest BCUT2D eigenvalue weighted by atomic mass is 16.5. The number of urea groups is 1. The van der Waals surface area contributed by atoms with Crippen LogP contribution in [-0.2, 0) is 25.5 Å². The highest BCUT2D eigenvalue weighted by Gasteiger charge is 2.56. The lowest BCUT2D eigenvalue weighted by molar-refractivity contribution is -0.141. The molecule has 0 spiro atoms. The Kier molecular flexibility index (Phi) is 8.67. The van der Waals surface area contributed by atoms with Crippen LogP contribution in [0, 0.1) is 11.3 Å². The van der Waals surface area contributed by atoms with Crippen LogP contribution in [-0.4, -0.2) is 43.0 Å². The third kappa shape index (κ3) is 5.84. The lowest BCUT2D eigenvalue weighted by Gasteiger charge is -2.46. The molecule has 4 amide bonds. The van der Waals surface area contributed by atoms with Crippen LogP contribution in [0.4, 0.5) is 21.9 Å². The van der Waals surface area contributed by atoms with Gasteiger partial charge in [0.25, 0.3) is 0 Å². The molecule has 3 aromatic rings. The van der Waals surface area contributed by atoms with E-state index in [9.17, 15) is 19.2 Å². The minimum absolute atomic E-state index is 0.230. The second-order valence-electron chi connectivity index (χ2n) is 11.2. The number of hydrogen-bond donors (Lipinski definition) is 4. The Bertz CT molecular complexity index is 1500. The van der Waals surface area contributed by atoms with Crippen LogP contribution in [0.15, 0.2) is 72.8 Å². The maximum Gasteiger partial charge on any atom is 0.329 e. The fourth-order valence-electron chi connectivity index (χ4n) is 5.34. The van der Waals surface area contributed by atoms with Gasteiger partial charge in [0.15, 0.2) is 0 Å². The van der Waals surface area contributed by atoms with Crippen molar-refractivity contribution >= 4 is 40.9 Å². The lowest BCUT2D eigenvalue weighted by atomic mass is 9.62. The number of nitrogen functional groups attached to an aromatic ring is 1. The number of ether oxygens (including phenoxy) is 1. The molecule has 0 aromatic heterocycles. The number of rotatable bonds is 7. The topological polar surface area (TPSA) is 157 Å². The Hall–Kier alpha value is -4.70. The number of methoxy groups -OCH3 is 1. The maximum absolute atomic E-state index is 14.7. The van der Waals surface area contributed by atoms with E-state index in [0.29, 0.717) is 24.2 Å². The number of esters is 1. The van der Waals surface area contributed by atoms with Crippen LogP contribution >= 0.6 is 0 Å². The normalized spacial score (nSPS) is 16.2. The fraction of sp³-hybridized carbons (Fsp3) is 0.312. The number of nitrogens with one attached hydrogen (secondary N) is 2. The molecule has 0 saturated carbocycles. The number of aryl methyl sites for hydroxylation is 1. The van der Waals surface area contributed by atoms with Crippen molar-refractivity contribution in [1.82, 2.24) is 5.32 Å². The summed E-state index contributed by atoms with van der Waals surface area (Å²) in [4.78, 5) is 54.8. The van der Waals surface area contributed by atoms with E-state index in [4.69, 9.17) is 11.5 Å². The molecule has 1 aliphatic rings. The van der Waals surface area contributed by atoms with Crippen LogP contribution in [0.2, 0.25) is 0 Å². The predicted octanol–water partition coefficient (Wildman–Crippen LogP) is 4.10. The van der Waals surface area contributed by atoms with Gasteiger partial charge in [-0.1, -0.05) is 48.5 Å². The molecule has 0 saturated heterocycles. The summed E-state index contributed by atoms with van der Waals surface area (Å²) in [6.07, 6.45) is 0.857. The van der Waals surface area contributed by atoms with Crippen LogP contribution < -0.4 is 27.0 Å². The molecule has 4 rings (SSSR count). The van der Waals surface area contributed by atoms with Crippen molar-refractivity contribution in [1.29, 1.82) is 0 Å². The van der Waals surface area contributed by atoms with E-state index in [1.165, 1.54) is 7.11 Å². The average molecular weight is 572 g/mol. The lowest BCUT2D eigenvalue weighted by Crippen LogP contribution is -2.65. The van der Waals surface area contributed by atoms with Crippen molar-refractivity contribution < 1.29 is 23.9 Å². The van der Waals surface area contributed by atoms with E-state index in [-0.39, 0.29) is 11.6 Å². The van der Waals surface area contributed by atoms with Crippen LogP contribution in [0.25, 0.3) is 11.1 Å². The number of carbonyl (C=O) groups is 4. The molecular weight excluding hydrogens is 534 g/mol. The van der Waals surface area contributed by atoms with Gasteiger partial charge in [-0.15, -0.1) is 0 Å². The van der Waals surface area contributed by atoms with Crippen LogP contribution in [0.3, 0.4) is 0 Å². The smallest absolute Gasteiger partial charge is 0.329 e. The molecule has 1 unspecified atom stereocenters. The van der Waals surface area contributed by atoms with Crippen molar-refractivity contribution in [3.8, 4) is 11.1 Å². The van der Waals surface area contributed by atoms with Crippen molar-refractivity contribution in [3.63, 3.8) is 0 Å². The summed E-state index contributed by atoms with van der Waals surface area (Å²) in [5.41, 5.74) is 14.0. The van der Waals surface area contributed by atoms with Gasteiger partial charge < -0.3 is 26.8 Å². The minimum atomic E-state index is -1.55. The number of nitrogens with zero attached hydrogens (tertiary/aromatic N) is 1. The Labute approximate surface area is 245 Å². The predicted molar refractivity (Wildman–Crippen MR) is 162 cm³/mol. The van der Waals surface area contributed by atoms with E-state index in [1.807, 2.05) is 42.5 Å². The molecular formula is C32H37N5O5. The number of hydrogen-bond acceptors (Lipinski definition) is 7. The summed E-state index contributed by atoms with van der Waals surface area (Å²) in [6.45, 7) is 4.50. The van der Waals surface area contributed by atoms with Crippen LogP contribution in [0.1, 0.15) is 32.8 Å². The summed E-state index contributed by atoms with van der Waals surface area (Å²) < 4.78 is 4.66. The van der Waals surface area contributed by atoms with Crippen LogP contribution in [0.5, 0.6) is 0 Å². The first kappa shape index (κ1) is 30.3. The first-order valence-electron chi connectivity index (χ1n) is 13.7. The Balaban J connectivity index is 1.77. The van der Waals surface area contributed by atoms with Crippen molar-refractivity contribution in [2.45, 2.75) is 39.2 Å². The summed E-state index contributed by atoms with van der Waals surface area (Å²) in [7, 11) is 1.20. The molecule has 0 fully saturated rings. The number of amides is 4. The van der Waals surface area contributed by atoms with E-state index in [2.05, 4.69) is 15.4 Å². The quantitative estimate of drug-likeness (QED) is 0.246. The largest absolute Gasteiger partial charge is 0.468 e. The van der Waals surface area contributed by atoms with Crippen molar-refractivity contribution in [2.24, 2.45) is 17.1 Å². The summed E-state index contributed by atoms with van der Waals surface area (Å²) >= 11 is 0. The van der Waals surface area contributed by atoms with Crippen molar-refractivity contribution in [3.05, 3.63) is 78.4 Å². The molecule has 10 nitrogen and oxygen atoms in total. The first-order valence-corrected chi connectivity index (χ1v) is 13.7. The molecule has 0 radical (unpaired) electrons. The molecule has 0 bridgehead atoms. The fourth-order valence-corrected chi connectivity index (χ4v) is 5.34. The number of benzene rings is 3. The third-order valence-corrected chi connectivity index (χ3v) is 8.19. The van der Waals surface area contributed by atoms with E-state index in [0.717, 1.165) is 21.6 Å². The second-order valence-corrected chi connectivity index (χ2v) is 11.2. The van der Waals surface area contributed by atoms with Crippen molar-refractivity contribution in [2.75, 3.05) is 29.6 Å². The molecule has 6 N–H and O–H groups in total. The van der Waals surface area contributed by atoms with E-state index in [1.54, 1.807) is 51.1 Å². The van der Waals surface area contributed by atoms with Gasteiger partial charge in [-0.3, -0.25) is 14.4 Å². The maximum atomic E-state index is 14.7. The number of imide groups is 1.